The predicted molar refractivity (Wildman–Crippen MR) is 103 cm³/mol. The molecule has 2 aliphatic heterocycles. The molecule has 0 radical (unpaired) electrons. The molecule has 2 heterocycles. The zero-order chi connectivity index (χ0) is 18.4. The van der Waals surface area contributed by atoms with Gasteiger partial charge in [-0.3, -0.25) is 19.4 Å². The Morgan fingerprint density at radius 1 is 0.962 bits per heavy atom. The number of piperazine rings is 1. The number of amides is 2. The highest BCUT2D eigenvalue weighted by Gasteiger charge is 2.24. The maximum atomic E-state index is 12.4. The number of nitrogens with one attached hydrogen (secondary N) is 1. The molecule has 3 rings (SSSR count). The molecule has 1 aromatic rings. The minimum Gasteiger partial charge on any atom is -0.379 e. The van der Waals surface area contributed by atoms with Crippen LogP contribution < -0.4 is 5.32 Å². The van der Waals surface area contributed by atoms with E-state index in [2.05, 4.69) is 31.0 Å². The number of para-hydroxylation sites is 1. The number of halogens is 1. The van der Waals surface area contributed by atoms with Crippen LogP contribution in [0.15, 0.2) is 28.7 Å². The van der Waals surface area contributed by atoms with Gasteiger partial charge in [0.25, 0.3) is 0 Å². The summed E-state index contributed by atoms with van der Waals surface area (Å²) >= 11 is 3.43. The van der Waals surface area contributed by atoms with E-state index in [-0.39, 0.29) is 11.8 Å². The van der Waals surface area contributed by atoms with Crippen molar-refractivity contribution in [1.29, 1.82) is 0 Å². The molecule has 7 nitrogen and oxygen atoms in total. The van der Waals surface area contributed by atoms with Crippen molar-refractivity contribution < 1.29 is 14.3 Å². The highest BCUT2D eigenvalue weighted by molar-refractivity contribution is 9.10. The van der Waals surface area contributed by atoms with E-state index < -0.39 is 0 Å². The van der Waals surface area contributed by atoms with Crippen molar-refractivity contribution in [1.82, 2.24) is 14.7 Å². The first kappa shape index (κ1) is 19.3. The van der Waals surface area contributed by atoms with Crippen LogP contribution in [0.3, 0.4) is 0 Å². The highest BCUT2D eigenvalue weighted by atomic mass is 79.9. The Kier molecular flexibility index (Phi) is 7.01. The lowest BCUT2D eigenvalue weighted by Gasteiger charge is -2.36. The fraction of sp³-hybridized carbons (Fsp3) is 0.556. The molecular weight excluding hydrogens is 400 g/mol. The van der Waals surface area contributed by atoms with E-state index in [0.29, 0.717) is 39.4 Å². The van der Waals surface area contributed by atoms with Crippen molar-refractivity contribution in [2.75, 3.05) is 70.9 Å². The van der Waals surface area contributed by atoms with Crippen molar-refractivity contribution >= 4 is 33.4 Å². The largest absolute Gasteiger partial charge is 0.379 e. The van der Waals surface area contributed by atoms with Crippen LogP contribution in [0.2, 0.25) is 0 Å². The quantitative estimate of drug-likeness (QED) is 0.759. The Labute approximate surface area is 162 Å². The summed E-state index contributed by atoms with van der Waals surface area (Å²) < 4.78 is 6.18. The summed E-state index contributed by atoms with van der Waals surface area (Å²) in [5, 5.41) is 2.92. The number of carbonyl (C=O) groups excluding carboxylic acids is 2. The second-order valence-electron chi connectivity index (χ2n) is 6.57. The summed E-state index contributed by atoms with van der Waals surface area (Å²) in [4.78, 5) is 30.8. The van der Waals surface area contributed by atoms with Gasteiger partial charge in [0.15, 0.2) is 0 Å². The molecule has 0 aliphatic carbocycles. The summed E-state index contributed by atoms with van der Waals surface area (Å²) in [7, 11) is 0. The van der Waals surface area contributed by atoms with Gasteiger partial charge in [-0.1, -0.05) is 12.1 Å². The molecule has 0 aromatic heterocycles. The number of morpholine rings is 1. The Morgan fingerprint density at radius 3 is 2.31 bits per heavy atom. The van der Waals surface area contributed by atoms with Gasteiger partial charge in [-0.25, -0.2) is 0 Å². The average Bonchev–Trinajstić information content (AvgIpc) is 2.65. The number of carbonyl (C=O) groups is 2. The van der Waals surface area contributed by atoms with E-state index in [4.69, 9.17) is 4.74 Å². The molecular formula is C18H25BrN4O3. The smallest absolute Gasteiger partial charge is 0.238 e. The summed E-state index contributed by atoms with van der Waals surface area (Å²) in [5.74, 6) is 0.134. The zero-order valence-corrected chi connectivity index (χ0v) is 16.4. The lowest BCUT2D eigenvalue weighted by molar-refractivity contribution is -0.135. The first-order valence-corrected chi connectivity index (χ1v) is 9.76. The third kappa shape index (κ3) is 5.51. The number of anilines is 1. The Balaban J connectivity index is 1.39. The molecule has 0 atom stereocenters. The molecule has 2 fully saturated rings. The van der Waals surface area contributed by atoms with Gasteiger partial charge >= 0.3 is 0 Å². The maximum Gasteiger partial charge on any atom is 0.238 e. The molecule has 1 aromatic carbocycles. The lowest BCUT2D eigenvalue weighted by Crippen LogP contribution is -2.53. The number of nitrogens with zero attached hydrogens (tertiary/aromatic N) is 3. The van der Waals surface area contributed by atoms with Crippen LogP contribution in [0.25, 0.3) is 0 Å². The van der Waals surface area contributed by atoms with Crippen LogP contribution in [-0.4, -0.2) is 92.1 Å². The van der Waals surface area contributed by atoms with Gasteiger partial charge in [-0.15, -0.1) is 0 Å². The van der Waals surface area contributed by atoms with Crippen molar-refractivity contribution in [2.45, 2.75) is 0 Å². The van der Waals surface area contributed by atoms with Crippen LogP contribution in [0.5, 0.6) is 0 Å². The number of rotatable bonds is 5. The molecule has 8 heteroatoms. The first-order chi connectivity index (χ1) is 12.6. The van der Waals surface area contributed by atoms with E-state index in [1.807, 2.05) is 29.2 Å². The first-order valence-electron chi connectivity index (χ1n) is 8.96. The molecule has 2 amide bonds. The van der Waals surface area contributed by atoms with Gasteiger partial charge in [-0.2, -0.15) is 0 Å². The fourth-order valence-electron chi connectivity index (χ4n) is 3.16. The zero-order valence-electron chi connectivity index (χ0n) is 14.8. The number of hydrogen-bond acceptors (Lipinski definition) is 5. The van der Waals surface area contributed by atoms with Crippen molar-refractivity contribution in [3.8, 4) is 0 Å². The van der Waals surface area contributed by atoms with E-state index in [1.54, 1.807) is 0 Å². The van der Waals surface area contributed by atoms with Gasteiger partial charge < -0.3 is 15.0 Å². The fourth-order valence-corrected chi connectivity index (χ4v) is 3.55. The monoisotopic (exact) mass is 424 g/mol. The third-order valence-electron chi connectivity index (χ3n) is 4.70. The van der Waals surface area contributed by atoms with Crippen LogP contribution in [0.4, 0.5) is 5.69 Å². The molecule has 0 unspecified atom stereocenters. The normalized spacial score (nSPS) is 19.3. The average molecular weight is 425 g/mol. The van der Waals surface area contributed by atoms with E-state index in [1.165, 1.54) is 0 Å². The number of hydrogen-bond donors (Lipinski definition) is 1. The van der Waals surface area contributed by atoms with Crippen LogP contribution in [0.1, 0.15) is 0 Å². The second kappa shape index (κ2) is 9.45. The molecule has 0 bridgehead atoms. The molecule has 1 N–H and O–H groups in total. The van der Waals surface area contributed by atoms with Crippen LogP contribution in [0, 0.1) is 0 Å². The van der Waals surface area contributed by atoms with E-state index >= 15 is 0 Å². The van der Waals surface area contributed by atoms with Gasteiger partial charge in [0.05, 0.1) is 32.0 Å². The predicted octanol–water partition coefficient (Wildman–Crippen LogP) is 0.864. The standard InChI is InChI=1S/C18H25BrN4O3/c19-15-3-1-2-4-16(15)20-17(24)13-21-5-7-23(8-6-21)18(25)14-22-9-11-26-12-10-22/h1-4H,5-14H2,(H,20,24). The van der Waals surface area contributed by atoms with Crippen molar-refractivity contribution in [3.63, 3.8) is 0 Å². The van der Waals surface area contributed by atoms with Crippen LogP contribution >= 0.6 is 15.9 Å². The molecule has 2 aliphatic rings. The SMILES string of the molecule is O=C(CN1CCN(C(=O)CN2CCOCC2)CC1)Nc1ccccc1Br. The molecule has 0 saturated carbocycles. The van der Waals surface area contributed by atoms with Gasteiger partial charge in [0, 0.05) is 43.7 Å². The van der Waals surface area contributed by atoms with Crippen molar-refractivity contribution in [3.05, 3.63) is 28.7 Å². The molecule has 142 valence electrons. The summed E-state index contributed by atoms with van der Waals surface area (Å²) in [6.45, 7) is 6.63. The minimum atomic E-state index is -0.0370. The lowest BCUT2D eigenvalue weighted by atomic mass is 10.2. The molecule has 0 spiro atoms. The van der Waals surface area contributed by atoms with Gasteiger partial charge in [-0.05, 0) is 28.1 Å². The molecule has 2 saturated heterocycles. The van der Waals surface area contributed by atoms with Gasteiger partial charge in [0.1, 0.15) is 0 Å². The molecule has 26 heavy (non-hydrogen) atoms. The Bertz CT molecular complexity index is 629. The Hall–Kier alpha value is -1.48. The third-order valence-corrected chi connectivity index (χ3v) is 5.39. The minimum absolute atomic E-state index is 0.0370. The second-order valence-corrected chi connectivity index (χ2v) is 7.43. The summed E-state index contributed by atoms with van der Waals surface area (Å²) in [5.41, 5.74) is 0.775. The Morgan fingerprint density at radius 2 is 1.62 bits per heavy atom. The van der Waals surface area contributed by atoms with E-state index in [0.717, 1.165) is 36.3 Å². The van der Waals surface area contributed by atoms with Gasteiger partial charge in [0.2, 0.25) is 11.8 Å². The number of benzene rings is 1. The summed E-state index contributed by atoms with van der Waals surface area (Å²) in [6.07, 6.45) is 0. The van der Waals surface area contributed by atoms with E-state index in [9.17, 15) is 9.59 Å². The number of ether oxygens (including phenoxy) is 1. The summed E-state index contributed by atoms with van der Waals surface area (Å²) in [6, 6.07) is 7.56. The van der Waals surface area contributed by atoms with Crippen LogP contribution in [-0.2, 0) is 14.3 Å². The van der Waals surface area contributed by atoms with Crippen molar-refractivity contribution in [2.24, 2.45) is 0 Å². The highest BCUT2D eigenvalue weighted by Crippen LogP contribution is 2.21. The maximum absolute atomic E-state index is 12.4. The topological polar surface area (TPSA) is 65.1 Å².